The maximum atomic E-state index is 9.55. The molecule has 3 rings (SSSR count). The van der Waals surface area contributed by atoms with Crippen LogP contribution in [0.1, 0.15) is 6.42 Å². The van der Waals surface area contributed by atoms with Gasteiger partial charge in [-0.15, -0.1) is 0 Å². The van der Waals surface area contributed by atoms with Gasteiger partial charge < -0.3 is 15.1 Å². The van der Waals surface area contributed by atoms with Crippen LogP contribution in [0.2, 0.25) is 5.15 Å². The molecule has 2 atom stereocenters. The Morgan fingerprint density at radius 2 is 1.87 bits per heavy atom. The number of nitrogens with zero attached hydrogens (tertiary/aromatic N) is 3. The number of likely N-dealkylation sites (tertiary alicyclic amines) is 1. The Labute approximate surface area is 138 Å². The van der Waals surface area contributed by atoms with Gasteiger partial charge in [0.25, 0.3) is 0 Å². The molecule has 0 saturated carbocycles. The number of pyridine rings is 1. The average molecular weight is 340 g/mol. The van der Waals surface area contributed by atoms with Gasteiger partial charge in [-0.05, 0) is 25.6 Å². The maximum absolute atomic E-state index is 9.55. The number of carbonyl (C=O) groups is 2. The van der Waals surface area contributed by atoms with E-state index >= 15 is 0 Å². The Balaban J connectivity index is 0.000000207. The highest BCUT2D eigenvalue weighted by molar-refractivity contribution is 6.29. The lowest BCUT2D eigenvalue weighted by Gasteiger charge is -2.33. The van der Waals surface area contributed by atoms with E-state index in [-0.39, 0.29) is 0 Å². The summed E-state index contributed by atoms with van der Waals surface area (Å²) < 4.78 is 0. The lowest BCUT2D eigenvalue weighted by atomic mass is 10.2. The molecule has 2 fully saturated rings. The first-order valence-corrected chi connectivity index (χ1v) is 7.47. The van der Waals surface area contributed by atoms with E-state index in [0.717, 1.165) is 12.6 Å². The summed E-state index contributed by atoms with van der Waals surface area (Å²) in [6.45, 7) is 2.30. The Kier molecular flexibility index (Phi) is 5.57. The molecule has 23 heavy (non-hydrogen) atoms. The number of aromatic nitrogens is 1. The fourth-order valence-electron chi connectivity index (χ4n) is 2.86. The van der Waals surface area contributed by atoms with Crippen molar-refractivity contribution in [2.24, 2.45) is 0 Å². The van der Waals surface area contributed by atoms with Crippen molar-refractivity contribution in [1.82, 2.24) is 9.88 Å². The van der Waals surface area contributed by atoms with Crippen LogP contribution in [0.4, 0.5) is 5.69 Å². The highest BCUT2D eigenvalue weighted by atomic mass is 35.5. The van der Waals surface area contributed by atoms with Gasteiger partial charge in [0, 0.05) is 37.3 Å². The molecule has 0 spiro atoms. The van der Waals surface area contributed by atoms with E-state index in [9.17, 15) is 9.59 Å². The van der Waals surface area contributed by atoms with Crippen LogP contribution in [0.3, 0.4) is 0 Å². The van der Waals surface area contributed by atoms with Crippen LogP contribution < -0.4 is 4.90 Å². The summed E-state index contributed by atoms with van der Waals surface area (Å²) in [6, 6.07) is 5.33. The van der Waals surface area contributed by atoms with Crippen molar-refractivity contribution in [3.05, 3.63) is 35.6 Å². The zero-order chi connectivity index (χ0) is 17.0. The second-order valence-corrected chi connectivity index (χ2v) is 5.87. The number of rotatable bonds is 3. The zero-order valence-electron chi connectivity index (χ0n) is 12.6. The molecule has 2 N–H and O–H groups in total. The SMILES string of the molecule is CN1C[C@@H]2CC1CN2c1ccc(Cl)nc1.O=C(O)/C=C/C(=O)O. The minimum absolute atomic E-state index is 0.558. The lowest BCUT2D eigenvalue weighted by molar-refractivity contribution is -0.134. The molecule has 2 saturated heterocycles. The molecule has 1 aromatic heterocycles. The van der Waals surface area contributed by atoms with Gasteiger partial charge in [0.2, 0.25) is 0 Å². The number of aliphatic carboxylic acids is 2. The maximum Gasteiger partial charge on any atom is 0.328 e. The predicted octanol–water partition coefficient (Wildman–Crippen LogP) is 1.34. The highest BCUT2D eigenvalue weighted by Crippen LogP contribution is 2.33. The summed E-state index contributed by atoms with van der Waals surface area (Å²) in [4.78, 5) is 28.1. The van der Waals surface area contributed by atoms with Crippen molar-refractivity contribution in [3.63, 3.8) is 0 Å². The largest absolute Gasteiger partial charge is 0.478 e. The first-order valence-electron chi connectivity index (χ1n) is 7.09. The summed E-state index contributed by atoms with van der Waals surface area (Å²) in [5.74, 6) is -2.51. The smallest absolute Gasteiger partial charge is 0.328 e. The van der Waals surface area contributed by atoms with Crippen LogP contribution in [0, 0.1) is 0 Å². The molecule has 1 unspecified atom stereocenters. The van der Waals surface area contributed by atoms with Crippen molar-refractivity contribution in [2.45, 2.75) is 18.5 Å². The Hall–Kier alpha value is -2.12. The number of likely N-dealkylation sites (N-methyl/N-ethyl adjacent to an activating group) is 1. The van der Waals surface area contributed by atoms with Crippen molar-refractivity contribution >= 4 is 29.2 Å². The van der Waals surface area contributed by atoms with E-state index in [1.54, 1.807) is 0 Å². The van der Waals surface area contributed by atoms with Crippen LogP contribution in [-0.2, 0) is 9.59 Å². The number of hydrogen-bond donors (Lipinski definition) is 2. The third-order valence-corrected chi connectivity index (χ3v) is 4.15. The van der Waals surface area contributed by atoms with Gasteiger partial charge in [0.1, 0.15) is 5.15 Å². The third kappa shape index (κ3) is 4.67. The fraction of sp³-hybridized carbons (Fsp3) is 0.400. The molecule has 7 nitrogen and oxygen atoms in total. The highest BCUT2D eigenvalue weighted by Gasteiger charge is 2.41. The molecule has 2 bridgehead atoms. The molecular weight excluding hydrogens is 322 g/mol. The van der Waals surface area contributed by atoms with Crippen LogP contribution in [0.15, 0.2) is 30.5 Å². The van der Waals surface area contributed by atoms with E-state index in [4.69, 9.17) is 21.8 Å². The van der Waals surface area contributed by atoms with Gasteiger partial charge in [-0.3, -0.25) is 4.90 Å². The Morgan fingerprint density at radius 3 is 2.26 bits per heavy atom. The number of halogens is 1. The summed E-state index contributed by atoms with van der Waals surface area (Å²) in [6.07, 6.45) is 4.28. The van der Waals surface area contributed by atoms with Crippen LogP contribution >= 0.6 is 11.6 Å². The summed E-state index contributed by atoms with van der Waals surface area (Å²) in [7, 11) is 2.21. The zero-order valence-corrected chi connectivity index (χ0v) is 13.3. The minimum Gasteiger partial charge on any atom is -0.478 e. The van der Waals surface area contributed by atoms with E-state index in [1.807, 2.05) is 12.3 Å². The molecule has 8 heteroatoms. The molecule has 1 aromatic rings. The molecular formula is C15H18ClN3O4. The van der Waals surface area contributed by atoms with Crippen LogP contribution in [0.5, 0.6) is 0 Å². The molecule has 2 aliphatic heterocycles. The Morgan fingerprint density at radius 1 is 1.22 bits per heavy atom. The molecule has 2 aliphatic rings. The molecule has 0 amide bonds. The molecule has 3 heterocycles. The van der Waals surface area contributed by atoms with Gasteiger partial charge in [-0.1, -0.05) is 11.6 Å². The third-order valence-electron chi connectivity index (χ3n) is 3.93. The van der Waals surface area contributed by atoms with Crippen LogP contribution in [-0.4, -0.2) is 64.3 Å². The van der Waals surface area contributed by atoms with Gasteiger partial charge in [0.05, 0.1) is 11.9 Å². The average Bonchev–Trinajstić information content (AvgIpc) is 3.06. The van der Waals surface area contributed by atoms with Crippen molar-refractivity contribution in [1.29, 1.82) is 0 Å². The number of piperazine rings is 1. The normalized spacial score (nSPS) is 23.0. The van der Waals surface area contributed by atoms with Crippen molar-refractivity contribution in [3.8, 4) is 0 Å². The first kappa shape index (κ1) is 17.2. The van der Waals surface area contributed by atoms with Gasteiger partial charge in [-0.25, -0.2) is 14.6 Å². The van der Waals surface area contributed by atoms with E-state index in [1.165, 1.54) is 18.7 Å². The second-order valence-electron chi connectivity index (χ2n) is 5.48. The van der Waals surface area contributed by atoms with Gasteiger partial charge in [0.15, 0.2) is 0 Å². The monoisotopic (exact) mass is 339 g/mol. The number of hydrogen-bond acceptors (Lipinski definition) is 5. The standard InChI is InChI=1S/C11H14ClN3.C4H4O4/c1-14-6-10-4-9(14)7-15(10)8-2-3-11(12)13-5-8;5-3(6)1-2-4(7)8/h2-3,5,9-10H,4,6-7H2,1H3;1-2H,(H,5,6)(H,7,8)/b;2-1+/t9?,10-;/m0./s1. The Bertz CT molecular complexity index is 587. The number of anilines is 1. The molecule has 0 aromatic carbocycles. The summed E-state index contributed by atoms with van der Waals surface area (Å²) in [5, 5.41) is 16.2. The molecule has 0 radical (unpaired) electrons. The van der Waals surface area contributed by atoms with E-state index < -0.39 is 11.9 Å². The lowest BCUT2D eigenvalue weighted by Crippen LogP contribution is -2.44. The summed E-state index contributed by atoms with van der Waals surface area (Å²) in [5.41, 5.74) is 1.21. The number of carboxylic acids is 2. The van der Waals surface area contributed by atoms with E-state index in [2.05, 4.69) is 27.9 Å². The van der Waals surface area contributed by atoms with Crippen LogP contribution in [0.25, 0.3) is 0 Å². The van der Waals surface area contributed by atoms with Crippen molar-refractivity contribution < 1.29 is 19.8 Å². The quantitative estimate of drug-likeness (QED) is 0.634. The van der Waals surface area contributed by atoms with Gasteiger partial charge in [-0.2, -0.15) is 0 Å². The topological polar surface area (TPSA) is 94.0 Å². The number of fused-ring (bicyclic) bond motifs is 2. The first-order chi connectivity index (χ1) is 10.9. The van der Waals surface area contributed by atoms with E-state index in [0.29, 0.717) is 23.3 Å². The predicted molar refractivity (Wildman–Crippen MR) is 85.8 cm³/mol. The minimum atomic E-state index is -1.26. The second kappa shape index (κ2) is 7.43. The van der Waals surface area contributed by atoms with Crippen molar-refractivity contribution in [2.75, 3.05) is 25.0 Å². The summed E-state index contributed by atoms with van der Waals surface area (Å²) >= 11 is 5.78. The van der Waals surface area contributed by atoms with Gasteiger partial charge >= 0.3 is 11.9 Å². The molecule has 0 aliphatic carbocycles. The fourth-order valence-corrected chi connectivity index (χ4v) is 2.97. The molecule has 124 valence electrons. The number of carboxylic acid groups (broad SMARTS) is 2.